The number of para-hydroxylation sites is 1. The Kier molecular flexibility index (Phi) is 6.01. The largest absolute Gasteiger partial charge is 0.457 e. The minimum Gasteiger partial charge on any atom is -0.457 e. The average Bonchev–Trinajstić information content (AvgIpc) is 2.84. The molecule has 4 rings (SSSR count). The molecule has 0 saturated heterocycles. The van der Waals surface area contributed by atoms with Gasteiger partial charge in [-0.1, -0.05) is 42.5 Å². The lowest BCUT2D eigenvalue weighted by atomic mass is 9.96. The third-order valence-electron chi connectivity index (χ3n) is 5.01. The van der Waals surface area contributed by atoms with Gasteiger partial charge >= 0.3 is 0 Å². The minimum atomic E-state index is -0.417. The lowest BCUT2D eigenvalue weighted by molar-refractivity contribution is 0.0953. The van der Waals surface area contributed by atoms with Crippen molar-refractivity contribution >= 4 is 17.6 Å². The highest BCUT2D eigenvalue weighted by molar-refractivity contribution is 6.06. The Balaban J connectivity index is 1.75. The van der Waals surface area contributed by atoms with E-state index >= 15 is 0 Å². The molecule has 0 spiro atoms. The molecule has 0 radical (unpaired) electrons. The standard InChI is InChI=1S/C25H22N6O2/c26-23(27)22-20(15-9-11-19(12-10-15)33-18-7-2-1-3-8-18)14-21(30-24(22)28)16-5-4-6-17(13-16)25(32)31-29/h1-14H,29H2,(H3,26,27)(H2,28,30)(H,31,32). The maximum absolute atomic E-state index is 11.9. The molecule has 0 aliphatic rings. The summed E-state index contributed by atoms with van der Waals surface area (Å²) in [4.78, 5) is 16.3. The number of hydrogen-bond acceptors (Lipinski definition) is 6. The van der Waals surface area contributed by atoms with Crippen LogP contribution in [0.25, 0.3) is 22.4 Å². The van der Waals surface area contributed by atoms with Crippen molar-refractivity contribution in [2.24, 2.45) is 11.6 Å². The third-order valence-corrected chi connectivity index (χ3v) is 5.01. The van der Waals surface area contributed by atoms with Crippen LogP contribution in [0, 0.1) is 5.41 Å². The number of nitrogens with zero attached hydrogens (tertiary/aromatic N) is 1. The molecule has 0 fully saturated rings. The van der Waals surface area contributed by atoms with Crippen LogP contribution in [-0.2, 0) is 0 Å². The number of benzene rings is 3. The number of hydrogen-bond donors (Lipinski definition) is 5. The Labute approximate surface area is 190 Å². The molecule has 1 heterocycles. The summed E-state index contributed by atoms with van der Waals surface area (Å²) in [5.74, 6) is 6.15. The summed E-state index contributed by atoms with van der Waals surface area (Å²) in [6.07, 6.45) is 0. The van der Waals surface area contributed by atoms with Gasteiger partial charge in [0.2, 0.25) is 0 Å². The van der Waals surface area contributed by atoms with E-state index in [4.69, 9.17) is 27.5 Å². The van der Waals surface area contributed by atoms with Crippen LogP contribution in [0.3, 0.4) is 0 Å². The van der Waals surface area contributed by atoms with Crippen LogP contribution < -0.4 is 27.5 Å². The number of ether oxygens (including phenoxy) is 1. The number of nitrogen functional groups attached to an aromatic ring is 3. The summed E-state index contributed by atoms with van der Waals surface area (Å²) in [5, 5.41) is 8.01. The highest BCUT2D eigenvalue weighted by Gasteiger charge is 2.17. The molecule has 33 heavy (non-hydrogen) atoms. The minimum absolute atomic E-state index is 0.119. The summed E-state index contributed by atoms with van der Waals surface area (Å²) < 4.78 is 5.86. The van der Waals surface area contributed by atoms with Gasteiger partial charge in [0.05, 0.1) is 11.3 Å². The first-order valence-corrected chi connectivity index (χ1v) is 10.1. The van der Waals surface area contributed by atoms with E-state index in [-0.39, 0.29) is 11.7 Å². The van der Waals surface area contributed by atoms with Crippen LogP contribution in [-0.4, -0.2) is 16.7 Å². The van der Waals surface area contributed by atoms with Crippen molar-refractivity contribution in [3.8, 4) is 33.9 Å². The van der Waals surface area contributed by atoms with Crippen LogP contribution in [0.15, 0.2) is 84.9 Å². The van der Waals surface area contributed by atoms with E-state index in [1.165, 1.54) is 0 Å². The molecule has 8 heteroatoms. The van der Waals surface area contributed by atoms with Crippen LogP contribution >= 0.6 is 0 Å². The van der Waals surface area contributed by atoms with E-state index in [1.54, 1.807) is 24.3 Å². The molecule has 3 aromatic carbocycles. The molecule has 0 aliphatic carbocycles. The van der Waals surface area contributed by atoms with Crippen molar-refractivity contribution in [2.75, 3.05) is 5.73 Å². The SMILES string of the molecule is N=C(N)c1c(-c2ccc(Oc3ccccc3)cc2)cc(-c2cccc(C(=O)NN)c2)nc1N. The Morgan fingerprint density at radius 1 is 0.879 bits per heavy atom. The van der Waals surface area contributed by atoms with Gasteiger partial charge in [0.25, 0.3) is 5.91 Å². The van der Waals surface area contributed by atoms with Crippen molar-refractivity contribution < 1.29 is 9.53 Å². The fourth-order valence-electron chi connectivity index (χ4n) is 3.45. The van der Waals surface area contributed by atoms with Gasteiger partial charge in [0, 0.05) is 11.1 Å². The number of hydrazine groups is 1. The Morgan fingerprint density at radius 3 is 2.24 bits per heavy atom. The van der Waals surface area contributed by atoms with E-state index < -0.39 is 5.91 Å². The van der Waals surface area contributed by atoms with E-state index in [2.05, 4.69) is 10.4 Å². The molecule has 0 aliphatic heterocycles. The molecule has 0 saturated carbocycles. The maximum Gasteiger partial charge on any atom is 0.265 e. The second-order valence-electron chi connectivity index (χ2n) is 7.22. The smallest absolute Gasteiger partial charge is 0.265 e. The summed E-state index contributed by atoms with van der Waals surface area (Å²) in [5.41, 5.74) is 17.5. The fourth-order valence-corrected chi connectivity index (χ4v) is 3.45. The summed E-state index contributed by atoms with van der Waals surface area (Å²) in [6.45, 7) is 0. The second-order valence-corrected chi connectivity index (χ2v) is 7.22. The molecule has 8 N–H and O–H groups in total. The number of amides is 1. The van der Waals surface area contributed by atoms with Gasteiger partial charge in [0.15, 0.2) is 0 Å². The Hall–Kier alpha value is -4.69. The number of amidine groups is 1. The average molecular weight is 438 g/mol. The zero-order chi connectivity index (χ0) is 23.4. The zero-order valence-electron chi connectivity index (χ0n) is 17.6. The van der Waals surface area contributed by atoms with Crippen LogP contribution in [0.5, 0.6) is 11.5 Å². The number of nitrogens with two attached hydrogens (primary N) is 3. The van der Waals surface area contributed by atoms with Gasteiger partial charge in [-0.3, -0.25) is 15.6 Å². The highest BCUT2D eigenvalue weighted by atomic mass is 16.5. The van der Waals surface area contributed by atoms with E-state index in [0.29, 0.717) is 33.7 Å². The number of rotatable bonds is 6. The maximum atomic E-state index is 11.9. The van der Waals surface area contributed by atoms with Gasteiger partial charge in [-0.05, 0) is 53.6 Å². The monoisotopic (exact) mass is 438 g/mol. The summed E-state index contributed by atoms with van der Waals surface area (Å²) >= 11 is 0. The van der Waals surface area contributed by atoms with Crippen molar-refractivity contribution in [1.82, 2.24) is 10.4 Å². The molecule has 164 valence electrons. The first kappa shape index (κ1) is 21.5. The van der Waals surface area contributed by atoms with Crippen molar-refractivity contribution in [2.45, 2.75) is 0 Å². The van der Waals surface area contributed by atoms with Gasteiger partial charge in [-0.15, -0.1) is 0 Å². The number of carbonyl (C=O) groups excluding carboxylic acids is 1. The van der Waals surface area contributed by atoms with E-state index in [0.717, 1.165) is 11.3 Å². The number of nitrogens with one attached hydrogen (secondary N) is 2. The van der Waals surface area contributed by atoms with Crippen molar-refractivity contribution in [1.29, 1.82) is 5.41 Å². The number of carbonyl (C=O) groups is 1. The molecule has 0 bridgehead atoms. The van der Waals surface area contributed by atoms with E-state index in [1.807, 2.05) is 60.7 Å². The van der Waals surface area contributed by atoms with Crippen LogP contribution in [0.1, 0.15) is 15.9 Å². The molecule has 0 atom stereocenters. The van der Waals surface area contributed by atoms with Gasteiger partial charge in [-0.2, -0.15) is 0 Å². The molecule has 1 amide bonds. The first-order chi connectivity index (χ1) is 16.0. The van der Waals surface area contributed by atoms with Gasteiger partial charge in [0.1, 0.15) is 23.2 Å². The lowest BCUT2D eigenvalue weighted by Gasteiger charge is -2.14. The zero-order valence-corrected chi connectivity index (χ0v) is 17.6. The Bertz CT molecular complexity index is 1320. The van der Waals surface area contributed by atoms with Gasteiger partial charge in [-0.25, -0.2) is 10.8 Å². The topological polar surface area (TPSA) is 153 Å². The lowest BCUT2D eigenvalue weighted by Crippen LogP contribution is -2.29. The summed E-state index contributed by atoms with van der Waals surface area (Å²) in [7, 11) is 0. The van der Waals surface area contributed by atoms with Crippen molar-refractivity contribution in [3.05, 3.63) is 96.1 Å². The molecule has 0 unspecified atom stereocenters. The predicted molar refractivity (Wildman–Crippen MR) is 129 cm³/mol. The number of aromatic nitrogens is 1. The molecule has 1 aromatic heterocycles. The summed E-state index contributed by atoms with van der Waals surface area (Å²) in [6, 6.07) is 25.5. The quantitative estimate of drug-likeness (QED) is 0.102. The fraction of sp³-hybridized carbons (Fsp3) is 0. The van der Waals surface area contributed by atoms with Crippen LogP contribution in [0.2, 0.25) is 0 Å². The molecular formula is C25H22N6O2. The first-order valence-electron chi connectivity index (χ1n) is 10.1. The predicted octanol–water partition coefficient (Wildman–Crippen LogP) is 3.68. The molecule has 8 nitrogen and oxygen atoms in total. The van der Waals surface area contributed by atoms with Crippen molar-refractivity contribution in [3.63, 3.8) is 0 Å². The normalized spacial score (nSPS) is 10.5. The Morgan fingerprint density at radius 2 is 1.58 bits per heavy atom. The molecule has 4 aromatic rings. The second kappa shape index (κ2) is 9.21. The number of pyridine rings is 1. The van der Waals surface area contributed by atoms with Gasteiger partial charge < -0.3 is 16.2 Å². The molecular weight excluding hydrogens is 416 g/mol. The van der Waals surface area contributed by atoms with Crippen LogP contribution in [0.4, 0.5) is 5.82 Å². The van der Waals surface area contributed by atoms with E-state index in [9.17, 15) is 4.79 Å². The highest BCUT2D eigenvalue weighted by Crippen LogP contribution is 2.33. The number of anilines is 1. The third kappa shape index (κ3) is 4.65.